The summed E-state index contributed by atoms with van der Waals surface area (Å²) in [6.45, 7) is 1.80. The minimum Gasteiger partial charge on any atom is -0.326 e. The summed E-state index contributed by atoms with van der Waals surface area (Å²) in [4.78, 5) is 16.1. The van der Waals surface area contributed by atoms with Crippen molar-refractivity contribution in [3.05, 3.63) is 35.1 Å². The number of amides is 1. The van der Waals surface area contributed by atoms with E-state index in [2.05, 4.69) is 15.1 Å². The minimum absolute atomic E-state index is 0.229. The molecule has 1 saturated carbocycles. The molecule has 0 N–H and O–H groups in total. The highest BCUT2D eigenvalue weighted by Crippen LogP contribution is 2.29. The molecule has 2 heterocycles. The van der Waals surface area contributed by atoms with Gasteiger partial charge in [0, 0.05) is 23.7 Å². The van der Waals surface area contributed by atoms with Crippen molar-refractivity contribution in [2.45, 2.75) is 25.4 Å². The third-order valence-electron chi connectivity index (χ3n) is 4.45. The highest BCUT2D eigenvalue weighted by molar-refractivity contribution is 6.30. The lowest BCUT2D eigenvalue weighted by Crippen LogP contribution is -2.29. The van der Waals surface area contributed by atoms with Crippen molar-refractivity contribution in [1.82, 2.24) is 24.6 Å². The summed E-state index contributed by atoms with van der Waals surface area (Å²) in [7, 11) is 1.95. The molecular formula is C16H18ClN5O. The minimum atomic E-state index is 0.229. The van der Waals surface area contributed by atoms with Gasteiger partial charge >= 0.3 is 0 Å². The molecule has 2 fully saturated rings. The lowest BCUT2D eigenvalue weighted by atomic mass is 10.2. The zero-order valence-corrected chi connectivity index (χ0v) is 13.7. The highest BCUT2D eigenvalue weighted by atomic mass is 35.5. The molecule has 2 aromatic rings. The third kappa shape index (κ3) is 2.84. The first kappa shape index (κ1) is 14.7. The second-order valence-corrected chi connectivity index (χ2v) is 6.67. The predicted molar refractivity (Wildman–Crippen MR) is 86.6 cm³/mol. The maximum atomic E-state index is 12.0. The molecule has 7 heteroatoms. The second-order valence-electron chi connectivity index (χ2n) is 6.23. The maximum Gasteiger partial charge on any atom is 0.238 e. The van der Waals surface area contributed by atoms with Crippen LogP contribution < -0.4 is 0 Å². The Kier molecular flexibility index (Phi) is 3.58. The fraction of sp³-hybridized carbons (Fsp3) is 0.438. The molecule has 0 atom stereocenters. The zero-order valence-electron chi connectivity index (χ0n) is 12.9. The van der Waals surface area contributed by atoms with Gasteiger partial charge in [0.15, 0.2) is 5.82 Å². The van der Waals surface area contributed by atoms with Gasteiger partial charge < -0.3 is 9.47 Å². The van der Waals surface area contributed by atoms with Gasteiger partial charge in [-0.25, -0.2) is 0 Å². The molecule has 2 aliphatic rings. The van der Waals surface area contributed by atoms with Crippen LogP contribution in [0.3, 0.4) is 0 Å². The predicted octanol–water partition coefficient (Wildman–Crippen LogP) is 1.90. The molecule has 1 aliphatic carbocycles. The van der Waals surface area contributed by atoms with Gasteiger partial charge in [0.2, 0.25) is 5.91 Å². The van der Waals surface area contributed by atoms with Gasteiger partial charge in [-0.1, -0.05) is 11.6 Å². The van der Waals surface area contributed by atoms with Gasteiger partial charge in [-0.15, -0.1) is 10.2 Å². The largest absolute Gasteiger partial charge is 0.326 e. The van der Waals surface area contributed by atoms with Crippen LogP contribution in [0.4, 0.5) is 0 Å². The molecule has 1 aromatic heterocycles. The van der Waals surface area contributed by atoms with E-state index < -0.39 is 0 Å². The Bertz CT molecular complexity index is 737. The van der Waals surface area contributed by atoms with Gasteiger partial charge in [0.05, 0.1) is 19.8 Å². The van der Waals surface area contributed by atoms with Crippen molar-refractivity contribution in [3.63, 3.8) is 0 Å². The number of hydrogen-bond donors (Lipinski definition) is 0. The lowest BCUT2D eigenvalue weighted by Gasteiger charge is -2.17. The van der Waals surface area contributed by atoms with E-state index in [0.717, 1.165) is 30.1 Å². The van der Waals surface area contributed by atoms with E-state index in [4.69, 9.17) is 11.6 Å². The lowest BCUT2D eigenvalue weighted by molar-refractivity contribution is -0.127. The van der Waals surface area contributed by atoms with E-state index in [0.29, 0.717) is 30.8 Å². The summed E-state index contributed by atoms with van der Waals surface area (Å²) in [5, 5.41) is 9.29. The molecule has 0 unspecified atom stereocenters. The fourth-order valence-electron chi connectivity index (χ4n) is 2.99. The Hall–Kier alpha value is -1.92. The first-order valence-corrected chi connectivity index (χ1v) is 8.15. The molecular weight excluding hydrogens is 314 g/mol. The Morgan fingerprint density at radius 3 is 2.65 bits per heavy atom. The van der Waals surface area contributed by atoms with E-state index in [1.54, 1.807) is 0 Å². The molecule has 1 amide bonds. The van der Waals surface area contributed by atoms with Crippen LogP contribution in [0.15, 0.2) is 24.3 Å². The van der Waals surface area contributed by atoms with Crippen LogP contribution in [0.25, 0.3) is 11.4 Å². The average molecular weight is 332 g/mol. The van der Waals surface area contributed by atoms with Crippen molar-refractivity contribution in [2.24, 2.45) is 7.05 Å². The molecule has 120 valence electrons. The highest BCUT2D eigenvalue weighted by Gasteiger charge is 2.38. The van der Waals surface area contributed by atoms with Gasteiger partial charge in [-0.05, 0) is 37.1 Å². The Morgan fingerprint density at radius 1 is 1.22 bits per heavy atom. The molecule has 1 aromatic carbocycles. The first-order valence-electron chi connectivity index (χ1n) is 7.78. The van der Waals surface area contributed by atoms with Crippen molar-refractivity contribution < 1.29 is 4.79 Å². The van der Waals surface area contributed by atoms with E-state index >= 15 is 0 Å². The van der Waals surface area contributed by atoms with Crippen LogP contribution >= 0.6 is 11.6 Å². The molecule has 4 rings (SSSR count). The standard InChI is InChI=1S/C16H18ClN5O/c1-20-14(8-21-9-15(23)22(10-21)13-6-7-13)18-19-16(20)11-2-4-12(17)5-3-11/h2-5,13H,6-10H2,1H3. The van der Waals surface area contributed by atoms with E-state index in [1.807, 2.05) is 40.8 Å². The summed E-state index contributed by atoms with van der Waals surface area (Å²) in [6.07, 6.45) is 2.29. The van der Waals surface area contributed by atoms with Crippen molar-refractivity contribution in [2.75, 3.05) is 13.2 Å². The number of aromatic nitrogens is 3. The third-order valence-corrected chi connectivity index (χ3v) is 4.70. The number of hydrogen-bond acceptors (Lipinski definition) is 4. The number of rotatable bonds is 4. The van der Waals surface area contributed by atoms with Crippen LogP contribution in [0, 0.1) is 0 Å². The summed E-state index contributed by atoms with van der Waals surface area (Å²) >= 11 is 5.93. The van der Waals surface area contributed by atoms with Gasteiger partial charge in [-0.2, -0.15) is 0 Å². The molecule has 0 radical (unpaired) electrons. The first-order chi connectivity index (χ1) is 11.1. The zero-order chi connectivity index (χ0) is 16.0. The number of carbonyl (C=O) groups is 1. The maximum absolute atomic E-state index is 12.0. The van der Waals surface area contributed by atoms with Crippen molar-refractivity contribution in [1.29, 1.82) is 0 Å². The smallest absolute Gasteiger partial charge is 0.238 e. The summed E-state index contributed by atoms with van der Waals surface area (Å²) in [5.74, 6) is 1.90. The van der Waals surface area contributed by atoms with E-state index in [1.165, 1.54) is 0 Å². The molecule has 6 nitrogen and oxygen atoms in total. The van der Waals surface area contributed by atoms with Crippen LogP contribution in [0.1, 0.15) is 18.7 Å². The van der Waals surface area contributed by atoms with Crippen LogP contribution in [-0.2, 0) is 18.4 Å². The number of nitrogens with zero attached hydrogens (tertiary/aromatic N) is 5. The normalized spacial score (nSPS) is 18.9. The van der Waals surface area contributed by atoms with Gasteiger partial charge in [-0.3, -0.25) is 9.69 Å². The number of carbonyl (C=O) groups excluding carboxylic acids is 1. The SMILES string of the molecule is Cn1c(CN2CC(=O)N(C3CC3)C2)nnc1-c1ccc(Cl)cc1. The average Bonchev–Trinajstić information content (AvgIpc) is 3.23. The Labute approximate surface area is 139 Å². The van der Waals surface area contributed by atoms with Gasteiger partial charge in [0.1, 0.15) is 5.82 Å². The molecule has 0 spiro atoms. The summed E-state index contributed by atoms with van der Waals surface area (Å²) in [5.41, 5.74) is 0.979. The molecule has 1 saturated heterocycles. The fourth-order valence-corrected chi connectivity index (χ4v) is 3.11. The quantitative estimate of drug-likeness (QED) is 0.858. The van der Waals surface area contributed by atoms with E-state index in [9.17, 15) is 4.79 Å². The Morgan fingerprint density at radius 2 is 1.96 bits per heavy atom. The summed E-state index contributed by atoms with van der Waals surface area (Å²) in [6, 6.07) is 8.03. The van der Waals surface area contributed by atoms with Gasteiger partial charge in [0.25, 0.3) is 0 Å². The van der Waals surface area contributed by atoms with Crippen LogP contribution in [-0.4, -0.2) is 49.7 Å². The van der Waals surface area contributed by atoms with Crippen molar-refractivity contribution >= 4 is 17.5 Å². The molecule has 0 bridgehead atoms. The van der Waals surface area contributed by atoms with Crippen molar-refractivity contribution in [3.8, 4) is 11.4 Å². The topological polar surface area (TPSA) is 54.3 Å². The van der Waals surface area contributed by atoms with E-state index in [-0.39, 0.29) is 5.91 Å². The van der Waals surface area contributed by atoms with Crippen LogP contribution in [0.5, 0.6) is 0 Å². The summed E-state index contributed by atoms with van der Waals surface area (Å²) < 4.78 is 1.98. The number of benzene rings is 1. The van der Waals surface area contributed by atoms with Crippen LogP contribution in [0.2, 0.25) is 5.02 Å². The molecule has 1 aliphatic heterocycles. The Balaban J connectivity index is 1.50. The number of halogens is 1. The monoisotopic (exact) mass is 331 g/mol. The second kappa shape index (κ2) is 5.62. The molecule has 23 heavy (non-hydrogen) atoms.